The molecule has 0 fully saturated rings. The maximum absolute atomic E-state index is 13.0. The third-order valence-corrected chi connectivity index (χ3v) is 2.37. The topological polar surface area (TPSA) is 35.5 Å². The van der Waals surface area contributed by atoms with Crippen molar-refractivity contribution in [3.63, 3.8) is 0 Å². The van der Waals surface area contributed by atoms with E-state index in [1.165, 1.54) is 19.2 Å². The average molecular weight is 247 g/mol. The van der Waals surface area contributed by atoms with Gasteiger partial charge in [0.2, 0.25) is 0 Å². The number of ether oxygens (including phenoxy) is 2. The van der Waals surface area contributed by atoms with Gasteiger partial charge in [0.1, 0.15) is 11.6 Å². The molecule has 0 aliphatic carbocycles. The highest BCUT2D eigenvalue weighted by molar-refractivity contribution is 6.30. The third kappa shape index (κ3) is 2.85. The number of carbonyl (C=O) groups excluding carboxylic acids is 1. The summed E-state index contributed by atoms with van der Waals surface area (Å²) in [7, 11) is 1.42. The summed E-state index contributed by atoms with van der Waals surface area (Å²) in [6, 6.07) is 3.81. The fraction of sp³-hybridized carbons (Fsp3) is 0.364. The molecule has 0 bridgehead atoms. The van der Waals surface area contributed by atoms with Crippen molar-refractivity contribution in [2.24, 2.45) is 0 Å². The normalized spacial score (nSPS) is 12.0. The van der Waals surface area contributed by atoms with E-state index in [1.807, 2.05) is 0 Å². The molecular weight excluding hydrogens is 235 g/mol. The van der Waals surface area contributed by atoms with Crippen LogP contribution in [0, 0.1) is 5.82 Å². The monoisotopic (exact) mass is 246 g/mol. The molecule has 0 aliphatic heterocycles. The van der Waals surface area contributed by atoms with Crippen molar-refractivity contribution in [3.05, 3.63) is 29.6 Å². The molecule has 0 spiro atoms. The summed E-state index contributed by atoms with van der Waals surface area (Å²) >= 11 is 5.87. The van der Waals surface area contributed by atoms with Crippen molar-refractivity contribution in [2.45, 2.75) is 12.3 Å². The summed E-state index contributed by atoms with van der Waals surface area (Å²) in [5.41, 5.74) is 0.266. The maximum Gasteiger partial charge on any atom is 0.328 e. The molecule has 16 heavy (non-hydrogen) atoms. The third-order valence-electron chi connectivity index (χ3n) is 1.96. The molecule has 1 aromatic rings. The Balaban J connectivity index is 3.01. The van der Waals surface area contributed by atoms with Crippen molar-refractivity contribution in [2.75, 3.05) is 13.7 Å². The van der Waals surface area contributed by atoms with E-state index in [9.17, 15) is 9.18 Å². The Morgan fingerprint density at radius 2 is 2.25 bits per heavy atom. The molecule has 0 N–H and O–H groups in total. The van der Waals surface area contributed by atoms with Crippen LogP contribution in [0.1, 0.15) is 17.9 Å². The molecular formula is C11H12ClFO3. The highest BCUT2D eigenvalue weighted by Crippen LogP contribution is 2.31. The molecule has 1 unspecified atom stereocenters. The smallest absolute Gasteiger partial charge is 0.328 e. The number of esters is 1. The van der Waals surface area contributed by atoms with Gasteiger partial charge < -0.3 is 9.47 Å². The van der Waals surface area contributed by atoms with Gasteiger partial charge in [0, 0.05) is 5.56 Å². The molecule has 0 radical (unpaired) electrons. The van der Waals surface area contributed by atoms with Gasteiger partial charge in [0.25, 0.3) is 0 Å². The van der Waals surface area contributed by atoms with E-state index in [0.717, 1.165) is 6.07 Å². The molecule has 1 aromatic carbocycles. The Morgan fingerprint density at radius 3 is 2.81 bits per heavy atom. The first kappa shape index (κ1) is 12.8. The number of halogens is 2. The van der Waals surface area contributed by atoms with Gasteiger partial charge in [-0.1, -0.05) is 0 Å². The van der Waals surface area contributed by atoms with Crippen LogP contribution in [0.3, 0.4) is 0 Å². The largest absolute Gasteiger partial charge is 0.496 e. The number of benzene rings is 1. The molecule has 0 amide bonds. The lowest BCUT2D eigenvalue weighted by molar-refractivity contribution is -0.142. The maximum atomic E-state index is 13.0. The van der Waals surface area contributed by atoms with Crippen molar-refractivity contribution < 1.29 is 18.7 Å². The minimum Gasteiger partial charge on any atom is -0.496 e. The summed E-state index contributed by atoms with van der Waals surface area (Å²) in [6.07, 6.45) is 0. The molecule has 0 aromatic heterocycles. The second-order valence-electron chi connectivity index (χ2n) is 3.00. The molecule has 88 valence electrons. The van der Waals surface area contributed by atoms with Gasteiger partial charge in [0.05, 0.1) is 13.7 Å². The van der Waals surface area contributed by atoms with Crippen LogP contribution in [0.2, 0.25) is 0 Å². The Labute approximate surface area is 98.1 Å². The van der Waals surface area contributed by atoms with E-state index < -0.39 is 17.2 Å². The van der Waals surface area contributed by atoms with Crippen LogP contribution < -0.4 is 4.74 Å². The first-order valence-corrected chi connectivity index (χ1v) is 5.18. The summed E-state index contributed by atoms with van der Waals surface area (Å²) < 4.78 is 22.8. The Bertz CT molecular complexity index is 381. The van der Waals surface area contributed by atoms with Crippen LogP contribution in [0.5, 0.6) is 5.75 Å². The molecule has 0 aliphatic rings. The fourth-order valence-corrected chi connectivity index (χ4v) is 1.48. The average Bonchev–Trinajstić information content (AvgIpc) is 2.28. The van der Waals surface area contributed by atoms with Crippen LogP contribution in [0.4, 0.5) is 4.39 Å². The zero-order valence-electron chi connectivity index (χ0n) is 9.00. The molecule has 1 atom stereocenters. The highest BCUT2D eigenvalue weighted by Gasteiger charge is 2.23. The number of alkyl halides is 1. The highest BCUT2D eigenvalue weighted by atomic mass is 35.5. The number of methoxy groups -OCH3 is 1. The van der Waals surface area contributed by atoms with Gasteiger partial charge in [-0.3, -0.25) is 4.79 Å². The predicted octanol–water partition coefficient (Wildman–Crippen LogP) is 2.68. The van der Waals surface area contributed by atoms with Gasteiger partial charge in [-0.05, 0) is 25.1 Å². The second kappa shape index (κ2) is 5.70. The summed E-state index contributed by atoms with van der Waals surface area (Å²) in [6.45, 7) is 1.89. The van der Waals surface area contributed by atoms with E-state index >= 15 is 0 Å². The summed E-state index contributed by atoms with van der Waals surface area (Å²) in [5.74, 6) is -0.742. The molecule has 0 saturated heterocycles. The predicted molar refractivity (Wildman–Crippen MR) is 58.2 cm³/mol. The van der Waals surface area contributed by atoms with Crippen LogP contribution in [0.25, 0.3) is 0 Å². The lowest BCUT2D eigenvalue weighted by Gasteiger charge is -2.12. The minimum atomic E-state index is -1.06. The van der Waals surface area contributed by atoms with Gasteiger partial charge in [0.15, 0.2) is 5.38 Å². The van der Waals surface area contributed by atoms with Crippen molar-refractivity contribution in [3.8, 4) is 5.75 Å². The van der Waals surface area contributed by atoms with Crippen LogP contribution >= 0.6 is 11.6 Å². The molecule has 1 rings (SSSR count). The van der Waals surface area contributed by atoms with E-state index in [0.29, 0.717) is 5.75 Å². The lowest BCUT2D eigenvalue weighted by Crippen LogP contribution is -2.12. The molecule has 3 nitrogen and oxygen atoms in total. The fourth-order valence-electron chi connectivity index (χ4n) is 1.25. The number of carbonyl (C=O) groups is 1. The minimum absolute atomic E-state index is 0.222. The number of hydrogen-bond acceptors (Lipinski definition) is 3. The zero-order valence-corrected chi connectivity index (χ0v) is 9.75. The SMILES string of the molecule is CCOC(=O)C(Cl)c1cc(F)ccc1OC. The van der Waals surface area contributed by atoms with E-state index in [-0.39, 0.29) is 12.2 Å². The van der Waals surface area contributed by atoms with Crippen molar-refractivity contribution in [1.29, 1.82) is 0 Å². The van der Waals surface area contributed by atoms with Crippen molar-refractivity contribution >= 4 is 17.6 Å². The van der Waals surface area contributed by atoms with Gasteiger partial charge in [-0.15, -0.1) is 11.6 Å². The van der Waals surface area contributed by atoms with Gasteiger partial charge in [-0.2, -0.15) is 0 Å². The van der Waals surface area contributed by atoms with Crippen LogP contribution in [-0.2, 0) is 9.53 Å². The van der Waals surface area contributed by atoms with E-state index in [1.54, 1.807) is 6.92 Å². The number of rotatable bonds is 4. The van der Waals surface area contributed by atoms with E-state index in [2.05, 4.69) is 0 Å². The molecule has 5 heteroatoms. The standard InChI is InChI=1S/C11H12ClFO3/c1-3-16-11(14)10(12)8-6-7(13)4-5-9(8)15-2/h4-6,10H,3H2,1-2H3. The molecule has 0 heterocycles. The summed E-state index contributed by atoms with van der Waals surface area (Å²) in [5, 5.41) is -1.06. The van der Waals surface area contributed by atoms with Gasteiger partial charge >= 0.3 is 5.97 Å². The van der Waals surface area contributed by atoms with E-state index in [4.69, 9.17) is 21.1 Å². The van der Waals surface area contributed by atoms with Crippen LogP contribution in [-0.4, -0.2) is 19.7 Å². The second-order valence-corrected chi connectivity index (χ2v) is 3.44. The number of hydrogen-bond donors (Lipinski definition) is 0. The first-order chi connectivity index (χ1) is 7.60. The van der Waals surface area contributed by atoms with Crippen molar-refractivity contribution in [1.82, 2.24) is 0 Å². The summed E-state index contributed by atoms with van der Waals surface area (Å²) in [4.78, 5) is 11.4. The van der Waals surface area contributed by atoms with Crippen LogP contribution in [0.15, 0.2) is 18.2 Å². The lowest BCUT2D eigenvalue weighted by atomic mass is 10.1. The molecule has 0 saturated carbocycles. The Morgan fingerprint density at radius 1 is 1.56 bits per heavy atom. The van der Waals surface area contributed by atoms with Gasteiger partial charge in [-0.25, -0.2) is 4.39 Å². The Kier molecular flexibility index (Phi) is 4.55. The first-order valence-electron chi connectivity index (χ1n) is 4.74. The zero-order chi connectivity index (χ0) is 12.1. The quantitative estimate of drug-likeness (QED) is 0.605. The Hall–Kier alpha value is -1.29.